The Bertz CT molecular complexity index is 1350. The van der Waals surface area contributed by atoms with Crippen LogP contribution in [0.5, 0.6) is 11.6 Å². The average molecular weight is 547 g/mol. The summed E-state index contributed by atoms with van der Waals surface area (Å²) in [7, 11) is -3.10. The minimum atomic E-state index is -4.89. The minimum absolute atomic E-state index is 0.0131. The second-order valence-electron chi connectivity index (χ2n) is 6.85. The molecule has 0 aliphatic carbocycles. The lowest BCUT2D eigenvalue weighted by atomic mass is 10.1. The van der Waals surface area contributed by atoms with E-state index in [0.29, 0.717) is 0 Å². The molecule has 1 aromatic heterocycles. The third kappa shape index (κ3) is 5.66. The van der Waals surface area contributed by atoms with Crippen molar-refractivity contribution >= 4 is 37.3 Å². The van der Waals surface area contributed by atoms with Crippen molar-refractivity contribution in [1.82, 2.24) is 10.2 Å². The van der Waals surface area contributed by atoms with Gasteiger partial charge < -0.3 is 10.1 Å². The molecular weight excluding hydrogens is 532 g/mol. The Morgan fingerprint density at radius 1 is 1.18 bits per heavy atom. The molecule has 0 aliphatic rings. The van der Waals surface area contributed by atoms with Gasteiger partial charge in [0.2, 0.25) is 0 Å². The van der Waals surface area contributed by atoms with Crippen LogP contribution in [0, 0.1) is 17.5 Å². The minimum Gasteiger partial charge on any atom is -0.436 e. The quantitative estimate of drug-likeness (QED) is 0.394. The maximum absolute atomic E-state index is 13.4. The molecule has 0 spiro atoms. The topological polar surface area (TPSA) is 105 Å². The molecule has 0 fully saturated rings. The van der Waals surface area contributed by atoms with E-state index >= 15 is 0 Å². The van der Waals surface area contributed by atoms with E-state index in [1.165, 1.54) is 36.6 Å². The summed E-state index contributed by atoms with van der Waals surface area (Å²) in [6.45, 7) is 1.04. The molecule has 1 heterocycles. The lowest BCUT2D eigenvalue weighted by molar-refractivity contribution is -0.142. The Labute approximate surface area is 194 Å². The number of rotatable bonds is 5. The molecule has 0 bridgehead atoms. The number of anilines is 1. The zero-order chi connectivity index (χ0) is 24.6. The molecular formula is C20H15BrF4N4O3S. The maximum Gasteiger partial charge on any atom is 0.435 e. The summed E-state index contributed by atoms with van der Waals surface area (Å²) in [5.74, 6) is -2.16. The molecule has 1 unspecified atom stereocenters. The average Bonchev–Trinajstić information content (AvgIpc) is 2.68. The number of hydrogen-bond acceptors (Lipinski definition) is 6. The number of amides is 1. The van der Waals surface area contributed by atoms with Crippen molar-refractivity contribution in [3.63, 3.8) is 0 Å². The van der Waals surface area contributed by atoms with E-state index in [9.17, 15) is 26.6 Å². The zero-order valence-corrected chi connectivity index (χ0v) is 19.4. The van der Waals surface area contributed by atoms with Gasteiger partial charge in [0.05, 0.1) is 14.2 Å². The Morgan fingerprint density at radius 2 is 1.88 bits per heavy atom. The third-order valence-electron chi connectivity index (χ3n) is 4.32. The predicted molar refractivity (Wildman–Crippen MR) is 115 cm³/mol. The molecule has 3 aromatic rings. The van der Waals surface area contributed by atoms with Gasteiger partial charge in [-0.25, -0.2) is 13.4 Å². The van der Waals surface area contributed by atoms with Gasteiger partial charge in [-0.1, -0.05) is 6.07 Å². The van der Waals surface area contributed by atoms with Crippen LogP contribution in [-0.4, -0.2) is 26.6 Å². The number of carbonyl (C=O) groups is 1. The van der Waals surface area contributed by atoms with Gasteiger partial charge in [-0.3, -0.25) is 4.79 Å². The number of aromatic nitrogens is 2. The van der Waals surface area contributed by atoms with E-state index in [1.807, 2.05) is 0 Å². The van der Waals surface area contributed by atoms with Gasteiger partial charge >= 0.3 is 6.18 Å². The van der Waals surface area contributed by atoms with Crippen molar-refractivity contribution in [3.8, 4) is 11.6 Å². The molecule has 13 heteroatoms. The second-order valence-corrected chi connectivity index (χ2v) is 9.87. The van der Waals surface area contributed by atoms with Crippen LogP contribution in [0.15, 0.2) is 51.8 Å². The molecule has 3 rings (SSSR count). The largest absolute Gasteiger partial charge is 0.436 e. The number of alkyl halides is 3. The highest BCUT2D eigenvalue weighted by atomic mass is 79.9. The van der Waals surface area contributed by atoms with Crippen molar-refractivity contribution in [1.29, 1.82) is 4.78 Å². The molecule has 33 heavy (non-hydrogen) atoms. The van der Waals surface area contributed by atoms with Crippen molar-refractivity contribution in [2.45, 2.75) is 18.0 Å². The monoisotopic (exact) mass is 546 g/mol. The molecule has 1 atom stereocenters. The van der Waals surface area contributed by atoms with Crippen molar-refractivity contribution in [2.75, 3.05) is 11.6 Å². The summed E-state index contributed by atoms with van der Waals surface area (Å²) in [4.78, 5) is 13.1. The van der Waals surface area contributed by atoms with Crippen LogP contribution in [0.3, 0.4) is 0 Å². The Balaban J connectivity index is 2.08. The molecule has 0 saturated heterocycles. The van der Waals surface area contributed by atoms with Gasteiger partial charge in [-0.15, -0.1) is 10.2 Å². The summed E-state index contributed by atoms with van der Waals surface area (Å²) in [6.07, 6.45) is -3.70. The van der Waals surface area contributed by atoms with Crippen molar-refractivity contribution in [3.05, 3.63) is 69.6 Å². The zero-order valence-electron chi connectivity index (χ0n) is 17.0. The fraction of sp³-hybridized carbons (Fsp3) is 0.150. The normalized spacial score (nSPS) is 13.3. The first-order valence-corrected chi connectivity index (χ1v) is 11.8. The van der Waals surface area contributed by atoms with Crippen LogP contribution >= 0.6 is 15.9 Å². The fourth-order valence-corrected chi connectivity index (χ4v) is 3.90. The molecule has 7 nitrogen and oxygen atoms in total. The highest BCUT2D eigenvalue weighted by Crippen LogP contribution is 2.36. The summed E-state index contributed by atoms with van der Waals surface area (Å²) in [6, 6.07) is 8.87. The first kappa shape index (κ1) is 24.6. The molecule has 2 aromatic carbocycles. The van der Waals surface area contributed by atoms with E-state index in [-0.39, 0.29) is 20.8 Å². The van der Waals surface area contributed by atoms with Gasteiger partial charge in [0.1, 0.15) is 17.1 Å². The predicted octanol–water partition coefficient (Wildman–Crippen LogP) is 5.79. The summed E-state index contributed by atoms with van der Waals surface area (Å²) < 4.78 is 78.8. The lowest BCUT2D eigenvalue weighted by Crippen LogP contribution is -2.21. The van der Waals surface area contributed by atoms with Gasteiger partial charge in [0, 0.05) is 16.8 Å². The van der Waals surface area contributed by atoms with E-state index in [1.54, 1.807) is 0 Å². The van der Waals surface area contributed by atoms with Gasteiger partial charge in [0.25, 0.3) is 11.8 Å². The molecule has 0 radical (unpaired) electrons. The number of ether oxygens (including phenoxy) is 1. The number of hydrogen-bond donors (Lipinski definition) is 2. The summed E-state index contributed by atoms with van der Waals surface area (Å²) in [5.41, 5.74) is -2.38. The summed E-state index contributed by atoms with van der Waals surface area (Å²) >= 11 is 3.07. The summed E-state index contributed by atoms with van der Waals surface area (Å²) in [5, 5.41) is 9.00. The number of nitrogens with zero attached hydrogens (tertiary/aromatic N) is 2. The van der Waals surface area contributed by atoms with E-state index in [2.05, 4.69) is 31.4 Å². The highest BCUT2D eigenvalue weighted by molar-refractivity contribution is 9.10. The first-order valence-electron chi connectivity index (χ1n) is 9.00. The number of carbonyl (C=O) groups excluding carboxylic acids is 1. The molecule has 174 valence electrons. The first-order chi connectivity index (χ1) is 15.3. The molecule has 0 saturated carbocycles. The van der Waals surface area contributed by atoms with Crippen LogP contribution in [0.1, 0.15) is 21.6 Å². The fourth-order valence-electron chi connectivity index (χ4n) is 2.78. The van der Waals surface area contributed by atoms with E-state index in [0.717, 1.165) is 19.1 Å². The molecule has 1 amide bonds. The Hall–Kier alpha value is -3.06. The number of halogens is 5. The second kappa shape index (κ2) is 9.06. The van der Waals surface area contributed by atoms with Crippen LogP contribution < -0.4 is 10.1 Å². The van der Waals surface area contributed by atoms with Gasteiger partial charge in [-0.05, 0) is 64.8 Å². The standard InChI is InChI=1S/C20H15BrF4N4O3S/c1-10-16(18(30)27-12-4-3-5-13(9-12)33(2,26)31)19(29-28-17(10)20(23,24)25)32-15-7-6-11(22)8-14(15)21/h3-9,26H,1-2H3,(H,27,30). The lowest BCUT2D eigenvalue weighted by Gasteiger charge is -2.16. The molecule has 2 N–H and O–H groups in total. The van der Waals surface area contributed by atoms with Gasteiger partial charge in [0.15, 0.2) is 5.69 Å². The van der Waals surface area contributed by atoms with Crippen LogP contribution in [-0.2, 0) is 15.9 Å². The smallest absolute Gasteiger partial charge is 0.435 e. The number of benzene rings is 2. The highest BCUT2D eigenvalue weighted by Gasteiger charge is 2.38. The van der Waals surface area contributed by atoms with Crippen LogP contribution in [0.2, 0.25) is 0 Å². The SMILES string of the molecule is Cc1c(C(F)(F)F)nnc(Oc2ccc(F)cc2Br)c1C(=O)Nc1cccc(S(C)(=N)=O)c1. The molecule has 0 aliphatic heterocycles. The number of nitrogens with one attached hydrogen (secondary N) is 2. The van der Waals surface area contributed by atoms with Crippen LogP contribution in [0.25, 0.3) is 0 Å². The van der Waals surface area contributed by atoms with Crippen molar-refractivity contribution in [2.24, 2.45) is 0 Å². The third-order valence-corrected chi connectivity index (χ3v) is 6.10. The maximum atomic E-state index is 13.4. The Kier molecular flexibility index (Phi) is 6.75. The van der Waals surface area contributed by atoms with Crippen molar-refractivity contribution < 1.29 is 31.3 Å². The van der Waals surface area contributed by atoms with E-state index in [4.69, 9.17) is 9.52 Å². The Morgan fingerprint density at radius 3 is 2.48 bits per heavy atom. The van der Waals surface area contributed by atoms with Crippen LogP contribution in [0.4, 0.5) is 23.2 Å². The van der Waals surface area contributed by atoms with E-state index < -0.39 is 50.3 Å². The van der Waals surface area contributed by atoms with Gasteiger partial charge in [-0.2, -0.15) is 13.2 Å².